The molecule has 1 aliphatic carbocycles. The summed E-state index contributed by atoms with van der Waals surface area (Å²) in [6.45, 7) is 7.35. The van der Waals surface area contributed by atoms with E-state index in [4.69, 9.17) is 9.47 Å². The van der Waals surface area contributed by atoms with Gasteiger partial charge in [0.2, 0.25) is 0 Å². The molecule has 0 atom stereocenters. The topological polar surface area (TPSA) is 59.6 Å². The fourth-order valence-corrected chi connectivity index (χ4v) is 4.74. The van der Waals surface area contributed by atoms with Gasteiger partial charge in [-0.2, -0.15) is 0 Å². The largest absolute Gasteiger partial charge is 0.496 e. The highest BCUT2D eigenvalue weighted by atomic mass is 19.1. The van der Waals surface area contributed by atoms with Gasteiger partial charge in [-0.05, 0) is 64.3 Å². The maximum Gasteiger partial charge on any atom is 0.280 e. The van der Waals surface area contributed by atoms with Crippen molar-refractivity contribution in [3.8, 4) is 22.6 Å². The maximum atomic E-state index is 14.7. The van der Waals surface area contributed by atoms with Gasteiger partial charge in [-0.1, -0.05) is 31.4 Å². The fourth-order valence-electron chi connectivity index (χ4n) is 4.74. The van der Waals surface area contributed by atoms with Crippen molar-refractivity contribution in [3.05, 3.63) is 46.8 Å². The molecule has 1 fully saturated rings. The van der Waals surface area contributed by atoms with Crippen molar-refractivity contribution in [1.82, 2.24) is 5.32 Å². The molecule has 1 saturated carbocycles. The molecule has 0 heterocycles. The molecule has 0 bridgehead atoms. The first-order valence-corrected chi connectivity index (χ1v) is 12.1. The number of rotatable bonds is 8. The van der Waals surface area contributed by atoms with Crippen LogP contribution in [0.3, 0.4) is 0 Å². The summed E-state index contributed by atoms with van der Waals surface area (Å²) in [5.74, 6) is -0.472. The van der Waals surface area contributed by atoms with Crippen molar-refractivity contribution in [2.24, 2.45) is 0 Å². The number of halogens is 1. The van der Waals surface area contributed by atoms with E-state index >= 15 is 0 Å². The van der Waals surface area contributed by atoms with Crippen molar-refractivity contribution in [2.45, 2.75) is 71.9 Å². The number of hydrogen-bond donors (Lipinski definition) is 2. The molecule has 2 aromatic carbocycles. The number of anilines is 1. The van der Waals surface area contributed by atoms with Gasteiger partial charge in [-0.15, -0.1) is 0 Å². The van der Waals surface area contributed by atoms with Gasteiger partial charge in [0.1, 0.15) is 11.5 Å². The van der Waals surface area contributed by atoms with Gasteiger partial charge in [0, 0.05) is 40.0 Å². The first-order valence-electron chi connectivity index (χ1n) is 12.1. The van der Waals surface area contributed by atoms with E-state index in [2.05, 4.69) is 34.9 Å². The average molecular weight is 469 g/mol. The van der Waals surface area contributed by atoms with Crippen LogP contribution in [0.25, 0.3) is 17.2 Å². The number of amides is 1. The summed E-state index contributed by atoms with van der Waals surface area (Å²) in [6, 6.07) is 8.70. The second kappa shape index (κ2) is 11.4. The van der Waals surface area contributed by atoms with Gasteiger partial charge in [0.25, 0.3) is 5.91 Å². The van der Waals surface area contributed by atoms with Gasteiger partial charge < -0.3 is 20.1 Å². The van der Waals surface area contributed by atoms with E-state index in [9.17, 15) is 9.18 Å². The van der Waals surface area contributed by atoms with Gasteiger partial charge >= 0.3 is 0 Å². The lowest BCUT2D eigenvalue weighted by atomic mass is 9.91. The molecule has 3 rings (SSSR count). The summed E-state index contributed by atoms with van der Waals surface area (Å²) in [4.78, 5) is 12.1. The standard InChI is InChI=1S/C28H37FN2O3/c1-17(2)30-28(32)24(29)16-23-18(3)27(34-6)25(19(4)26(23)33-5)20-12-14-22(15-13-20)31-21-10-8-7-9-11-21/h12-17,21,31H,7-11H2,1-6H3,(H,30,32)/b24-16-. The molecular weight excluding hydrogens is 431 g/mol. The number of ether oxygens (including phenoxy) is 2. The van der Waals surface area contributed by atoms with Crippen molar-refractivity contribution < 1.29 is 18.7 Å². The molecule has 0 aromatic heterocycles. The minimum absolute atomic E-state index is 0.163. The van der Waals surface area contributed by atoms with Gasteiger partial charge in [-0.25, -0.2) is 4.39 Å². The summed E-state index contributed by atoms with van der Waals surface area (Å²) in [7, 11) is 3.16. The zero-order valence-corrected chi connectivity index (χ0v) is 21.2. The van der Waals surface area contributed by atoms with Crippen molar-refractivity contribution in [2.75, 3.05) is 19.5 Å². The fraction of sp³-hybridized carbons (Fsp3) is 0.464. The van der Waals surface area contributed by atoms with Crippen LogP contribution in [0.5, 0.6) is 11.5 Å². The average Bonchev–Trinajstić information content (AvgIpc) is 2.82. The van der Waals surface area contributed by atoms with E-state index in [1.54, 1.807) is 28.1 Å². The molecule has 0 unspecified atom stereocenters. The highest BCUT2D eigenvalue weighted by Crippen LogP contribution is 2.45. The summed E-state index contributed by atoms with van der Waals surface area (Å²) in [5, 5.41) is 6.22. The van der Waals surface area contributed by atoms with E-state index in [0.717, 1.165) is 22.4 Å². The lowest BCUT2D eigenvalue weighted by Crippen LogP contribution is -2.30. The Labute approximate surface area is 202 Å². The molecule has 184 valence electrons. The molecule has 0 saturated heterocycles. The molecule has 1 amide bonds. The predicted octanol–water partition coefficient (Wildman–Crippen LogP) is 6.57. The normalized spacial score (nSPS) is 14.8. The monoisotopic (exact) mass is 468 g/mol. The third-order valence-corrected chi connectivity index (χ3v) is 6.40. The zero-order valence-electron chi connectivity index (χ0n) is 21.2. The van der Waals surface area contributed by atoms with Crippen molar-refractivity contribution in [3.63, 3.8) is 0 Å². The van der Waals surface area contributed by atoms with Crippen LogP contribution in [0.15, 0.2) is 30.1 Å². The van der Waals surface area contributed by atoms with E-state index < -0.39 is 11.7 Å². The first kappa shape index (κ1) is 25.6. The minimum Gasteiger partial charge on any atom is -0.496 e. The van der Waals surface area contributed by atoms with Crippen LogP contribution in [0, 0.1) is 13.8 Å². The van der Waals surface area contributed by atoms with Gasteiger partial charge in [0.15, 0.2) is 5.83 Å². The zero-order chi connectivity index (χ0) is 24.8. The third kappa shape index (κ3) is 5.72. The Balaban J connectivity index is 2.00. The molecule has 2 aromatic rings. The van der Waals surface area contributed by atoms with Gasteiger partial charge in [-0.3, -0.25) is 4.79 Å². The number of carbonyl (C=O) groups excluding carboxylic acids is 1. The predicted molar refractivity (Wildman–Crippen MR) is 137 cm³/mol. The molecule has 0 radical (unpaired) electrons. The summed E-state index contributed by atoms with van der Waals surface area (Å²) in [5.41, 5.74) is 5.00. The van der Waals surface area contributed by atoms with Crippen molar-refractivity contribution in [1.29, 1.82) is 0 Å². The Bertz CT molecular complexity index is 1040. The molecule has 0 aliphatic heterocycles. The number of hydrogen-bond acceptors (Lipinski definition) is 4. The van der Waals surface area contributed by atoms with Crippen LogP contribution in [0.2, 0.25) is 0 Å². The second-order valence-electron chi connectivity index (χ2n) is 9.28. The van der Waals surface area contributed by atoms with Crippen LogP contribution < -0.4 is 20.1 Å². The quantitative estimate of drug-likeness (QED) is 0.430. The molecule has 34 heavy (non-hydrogen) atoms. The van der Waals surface area contributed by atoms with Crippen LogP contribution in [0.1, 0.15) is 62.6 Å². The lowest BCUT2D eigenvalue weighted by molar-refractivity contribution is -0.119. The van der Waals surface area contributed by atoms with Gasteiger partial charge in [0.05, 0.1) is 14.2 Å². The Hall–Kier alpha value is -3.02. The Kier molecular flexibility index (Phi) is 8.59. The SMILES string of the molecule is COc1c(C)c(-c2ccc(NC3CCCCC3)cc2)c(OC)c(C)c1/C=C(\F)C(=O)NC(C)C. The first-order chi connectivity index (χ1) is 16.3. The van der Waals surface area contributed by atoms with Crippen LogP contribution in [-0.2, 0) is 4.79 Å². The molecule has 2 N–H and O–H groups in total. The molecule has 0 spiro atoms. The summed E-state index contributed by atoms with van der Waals surface area (Å²) in [6.07, 6.45) is 7.55. The highest BCUT2D eigenvalue weighted by molar-refractivity contribution is 5.97. The summed E-state index contributed by atoms with van der Waals surface area (Å²) >= 11 is 0. The third-order valence-electron chi connectivity index (χ3n) is 6.40. The molecule has 1 aliphatic rings. The lowest BCUT2D eigenvalue weighted by Gasteiger charge is -2.24. The maximum absolute atomic E-state index is 14.7. The van der Waals surface area contributed by atoms with E-state index in [0.29, 0.717) is 28.7 Å². The smallest absolute Gasteiger partial charge is 0.280 e. The molecular formula is C28H37FN2O3. The number of carbonyl (C=O) groups is 1. The minimum atomic E-state index is -0.873. The Morgan fingerprint density at radius 1 is 1.00 bits per heavy atom. The number of benzene rings is 2. The number of nitrogens with one attached hydrogen (secondary N) is 2. The number of methoxy groups -OCH3 is 2. The second-order valence-corrected chi connectivity index (χ2v) is 9.28. The highest BCUT2D eigenvalue weighted by Gasteiger charge is 2.23. The van der Waals surface area contributed by atoms with E-state index in [1.165, 1.54) is 38.2 Å². The van der Waals surface area contributed by atoms with Crippen molar-refractivity contribution >= 4 is 17.7 Å². The van der Waals surface area contributed by atoms with E-state index in [1.807, 2.05) is 13.8 Å². The van der Waals surface area contributed by atoms with Crippen LogP contribution >= 0.6 is 0 Å². The van der Waals surface area contributed by atoms with Crippen LogP contribution in [0.4, 0.5) is 10.1 Å². The van der Waals surface area contributed by atoms with E-state index in [-0.39, 0.29) is 6.04 Å². The molecule has 5 nitrogen and oxygen atoms in total. The van der Waals surface area contributed by atoms with Crippen LogP contribution in [-0.4, -0.2) is 32.2 Å². The Morgan fingerprint density at radius 2 is 1.62 bits per heavy atom. The Morgan fingerprint density at radius 3 is 2.18 bits per heavy atom. The molecule has 6 heteroatoms. The summed E-state index contributed by atoms with van der Waals surface area (Å²) < 4.78 is 26.2.